The molecule has 2 heterocycles. The molecule has 19 heavy (non-hydrogen) atoms. The van der Waals surface area contributed by atoms with E-state index in [1.807, 2.05) is 17.8 Å². The van der Waals surface area contributed by atoms with Crippen LogP contribution in [0, 0.1) is 6.92 Å². The van der Waals surface area contributed by atoms with Gasteiger partial charge in [0.05, 0.1) is 18.0 Å². The molecule has 0 saturated heterocycles. The Morgan fingerprint density at radius 3 is 2.74 bits per heavy atom. The summed E-state index contributed by atoms with van der Waals surface area (Å²) in [7, 11) is 3.56. The SMILES string of the molecule is Cc1nn(C)c(C(=O)OCCc2nccn2C)c1N. The number of nitrogens with two attached hydrogens (primary N) is 1. The number of hydrogen-bond acceptors (Lipinski definition) is 5. The Labute approximate surface area is 111 Å². The molecule has 7 nitrogen and oxygen atoms in total. The molecule has 0 bridgehead atoms. The fourth-order valence-corrected chi connectivity index (χ4v) is 1.86. The Morgan fingerprint density at radius 2 is 2.21 bits per heavy atom. The zero-order chi connectivity index (χ0) is 14.0. The van der Waals surface area contributed by atoms with Gasteiger partial charge in [-0.15, -0.1) is 0 Å². The molecule has 7 heteroatoms. The molecule has 2 aromatic rings. The van der Waals surface area contributed by atoms with Crippen LogP contribution >= 0.6 is 0 Å². The maximum absolute atomic E-state index is 11.9. The van der Waals surface area contributed by atoms with Crippen LogP contribution in [-0.4, -0.2) is 31.9 Å². The van der Waals surface area contributed by atoms with E-state index in [-0.39, 0.29) is 12.3 Å². The summed E-state index contributed by atoms with van der Waals surface area (Å²) in [6.07, 6.45) is 4.12. The number of esters is 1. The molecule has 2 rings (SSSR count). The van der Waals surface area contributed by atoms with E-state index in [4.69, 9.17) is 10.5 Å². The van der Waals surface area contributed by atoms with Crippen LogP contribution in [0.25, 0.3) is 0 Å². The largest absolute Gasteiger partial charge is 0.460 e. The summed E-state index contributed by atoms with van der Waals surface area (Å²) in [6, 6.07) is 0. The van der Waals surface area contributed by atoms with E-state index in [0.717, 1.165) is 5.82 Å². The van der Waals surface area contributed by atoms with Gasteiger partial charge in [-0.3, -0.25) is 4.68 Å². The lowest BCUT2D eigenvalue weighted by atomic mass is 10.3. The summed E-state index contributed by atoms with van der Waals surface area (Å²) < 4.78 is 8.52. The Hall–Kier alpha value is -2.31. The third kappa shape index (κ3) is 2.59. The molecule has 0 spiro atoms. The van der Waals surface area contributed by atoms with Crippen molar-refractivity contribution < 1.29 is 9.53 Å². The smallest absolute Gasteiger partial charge is 0.358 e. The number of nitrogen functional groups attached to an aromatic ring is 1. The van der Waals surface area contributed by atoms with Crippen LogP contribution in [0.1, 0.15) is 22.0 Å². The number of anilines is 1. The van der Waals surface area contributed by atoms with Gasteiger partial charge in [0.2, 0.25) is 0 Å². The minimum Gasteiger partial charge on any atom is -0.460 e. The second kappa shape index (κ2) is 5.13. The molecule has 102 valence electrons. The highest BCUT2D eigenvalue weighted by atomic mass is 16.5. The van der Waals surface area contributed by atoms with E-state index in [2.05, 4.69) is 10.1 Å². The molecule has 0 unspecified atom stereocenters. The van der Waals surface area contributed by atoms with Crippen LogP contribution in [0.4, 0.5) is 5.69 Å². The third-order valence-electron chi connectivity index (χ3n) is 2.94. The summed E-state index contributed by atoms with van der Waals surface area (Å²) >= 11 is 0. The van der Waals surface area contributed by atoms with Crippen LogP contribution in [0.3, 0.4) is 0 Å². The lowest BCUT2D eigenvalue weighted by molar-refractivity contribution is 0.0495. The quantitative estimate of drug-likeness (QED) is 0.809. The van der Waals surface area contributed by atoms with Gasteiger partial charge < -0.3 is 15.0 Å². The number of ether oxygens (including phenoxy) is 1. The second-order valence-electron chi connectivity index (χ2n) is 4.31. The van der Waals surface area contributed by atoms with Gasteiger partial charge >= 0.3 is 5.97 Å². The Balaban J connectivity index is 1.97. The number of imidazole rings is 1. The first-order chi connectivity index (χ1) is 9.00. The maximum Gasteiger partial charge on any atom is 0.358 e. The number of aryl methyl sites for hydroxylation is 3. The highest BCUT2D eigenvalue weighted by Gasteiger charge is 2.19. The molecule has 0 aromatic carbocycles. The molecule has 0 aliphatic carbocycles. The first-order valence-electron chi connectivity index (χ1n) is 5.93. The monoisotopic (exact) mass is 263 g/mol. The van der Waals surface area contributed by atoms with E-state index in [0.29, 0.717) is 17.8 Å². The van der Waals surface area contributed by atoms with Gasteiger partial charge in [-0.25, -0.2) is 9.78 Å². The summed E-state index contributed by atoms with van der Waals surface area (Å²) in [6.45, 7) is 2.01. The number of aromatic nitrogens is 4. The molecule has 0 amide bonds. The Morgan fingerprint density at radius 1 is 1.47 bits per heavy atom. The second-order valence-corrected chi connectivity index (χ2v) is 4.31. The first kappa shape index (κ1) is 13.1. The summed E-state index contributed by atoms with van der Waals surface area (Å²) in [4.78, 5) is 16.1. The van der Waals surface area contributed by atoms with Crippen molar-refractivity contribution in [1.82, 2.24) is 19.3 Å². The van der Waals surface area contributed by atoms with Crippen molar-refractivity contribution in [2.24, 2.45) is 14.1 Å². The minimum atomic E-state index is -0.463. The molecule has 2 aromatic heterocycles. The van der Waals surface area contributed by atoms with Gasteiger partial charge in [0, 0.05) is 32.9 Å². The summed E-state index contributed by atoms with van der Waals surface area (Å²) in [5, 5.41) is 4.08. The summed E-state index contributed by atoms with van der Waals surface area (Å²) in [5.41, 5.74) is 7.07. The highest BCUT2D eigenvalue weighted by molar-refractivity contribution is 5.93. The van der Waals surface area contributed by atoms with Gasteiger partial charge in [-0.1, -0.05) is 0 Å². The lowest BCUT2D eigenvalue weighted by Gasteiger charge is -2.06. The zero-order valence-corrected chi connectivity index (χ0v) is 11.3. The van der Waals surface area contributed by atoms with Crippen molar-refractivity contribution in [3.8, 4) is 0 Å². The van der Waals surface area contributed by atoms with Crippen molar-refractivity contribution in [1.29, 1.82) is 0 Å². The van der Waals surface area contributed by atoms with Gasteiger partial charge in [0.15, 0.2) is 5.69 Å². The van der Waals surface area contributed by atoms with Crippen LogP contribution in [0.15, 0.2) is 12.4 Å². The predicted octanol–water partition coefficient (Wildman–Crippen LogP) is 0.444. The minimum absolute atomic E-state index is 0.257. The highest BCUT2D eigenvalue weighted by Crippen LogP contribution is 2.16. The molecule has 0 aliphatic heterocycles. The lowest BCUT2D eigenvalue weighted by Crippen LogP contribution is -2.15. The molecule has 0 radical (unpaired) electrons. The van der Waals surface area contributed by atoms with Crippen molar-refractivity contribution in [3.05, 3.63) is 29.6 Å². The topological polar surface area (TPSA) is 88.0 Å². The molecular formula is C12H17N5O2. The number of rotatable bonds is 4. The van der Waals surface area contributed by atoms with E-state index in [1.54, 1.807) is 20.2 Å². The predicted molar refractivity (Wildman–Crippen MR) is 69.6 cm³/mol. The zero-order valence-electron chi connectivity index (χ0n) is 11.3. The molecule has 2 N–H and O–H groups in total. The molecular weight excluding hydrogens is 246 g/mol. The summed E-state index contributed by atoms with van der Waals surface area (Å²) in [5.74, 6) is 0.400. The van der Waals surface area contributed by atoms with Crippen LogP contribution in [-0.2, 0) is 25.3 Å². The Bertz CT molecular complexity index is 599. The molecule has 0 aliphatic rings. The van der Waals surface area contributed by atoms with E-state index in [1.165, 1.54) is 4.68 Å². The fourth-order valence-electron chi connectivity index (χ4n) is 1.86. The van der Waals surface area contributed by atoms with Gasteiger partial charge in [-0.05, 0) is 6.92 Å². The normalized spacial score (nSPS) is 10.7. The fraction of sp³-hybridized carbons (Fsp3) is 0.417. The van der Waals surface area contributed by atoms with Gasteiger partial charge in [0.1, 0.15) is 5.82 Å². The molecule has 0 fully saturated rings. The Kier molecular flexibility index (Phi) is 3.55. The van der Waals surface area contributed by atoms with Crippen molar-refractivity contribution in [2.75, 3.05) is 12.3 Å². The number of carbonyl (C=O) groups is 1. The number of hydrogen-bond donors (Lipinski definition) is 1. The van der Waals surface area contributed by atoms with E-state index >= 15 is 0 Å². The average molecular weight is 263 g/mol. The van der Waals surface area contributed by atoms with Crippen LogP contribution in [0.2, 0.25) is 0 Å². The van der Waals surface area contributed by atoms with Crippen LogP contribution in [0.5, 0.6) is 0 Å². The van der Waals surface area contributed by atoms with Crippen molar-refractivity contribution >= 4 is 11.7 Å². The molecule has 0 saturated carbocycles. The van der Waals surface area contributed by atoms with Crippen LogP contribution < -0.4 is 5.73 Å². The van der Waals surface area contributed by atoms with Crippen molar-refractivity contribution in [3.63, 3.8) is 0 Å². The number of nitrogens with zero attached hydrogens (tertiary/aromatic N) is 4. The standard InChI is InChI=1S/C12H17N5O2/c1-8-10(13)11(17(3)15-8)12(18)19-7-4-9-14-5-6-16(9)2/h5-6H,4,7,13H2,1-3H3. The van der Waals surface area contributed by atoms with Crippen molar-refractivity contribution in [2.45, 2.75) is 13.3 Å². The van der Waals surface area contributed by atoms with Gasteiger partial charge in [0.25, 0.3) is 0 Å². The van der Waals surface area contributed by atoms with E-state index < -0.39 is 5.97 Å². The maximum atomic E-state index is 11.9. The number of carbonyl (C=O) groups excluding carboxylic acids is 1. The first-order valence-corrected chi connectivity index (χ1v) is 5.93. The third-order valence-corrected chi connectivity index (χ3v) is 2.94. The van der Waals surface area contributed by atoms with E-state index in [9.17, 15) is 4.79 Å². The van der Waals surface area contributed by atoms with Gasteiger partial charge in [-0.2, -0.15) is 5.10 Å². The average Bonchev–Trinajstić information content (AvgIpc) is 2.85. The molecule has 0 atom stereocenters.